The van der Waals surface area contributed by atoms with Gasteiger partial charge in [0.05, 0.1) is 38.6 Å². The Bertz CT molecular complexity index is 1690. The van der Waals surface area contributed by atoms with Crippen LogP contribution in [0.2, 0.25) is 0 Å². The zero-order valence-corrected chi connectivity index (χ0v) is 26.7. The maximum atomic E-state index is 17.3. The zero-order chi connectivity index (χ0) is 33.2. The lowest BCUT2D eigenvalue weighted by Gasteiger charge is -2.49. The van der Waals surface area contributed by atoms with Crippen molar-refractivity contribution in [3.8, 4) is 0 Å². The second-order valence-corrected chi connectivity index (χ2v) is 12.1. The van der Waals surface area contributed by atoms with E-state index in [4.69, 9.17) is 18.9 Å². The molecule has 1 saturated heterocycles. The van der Waals surface area contributed by atoms with Gasteiger partial charge in [-0.2, -0.15) is 8.78 Å². The molecule has 1 N–H and O–H groups in total. The summed E-state index contributed by atoms with van der Waals surface area (Å²) in [6.07, 6.45) is -3.00. The Hall–Kier alpha value is -4.24. The first-order valence-corrected chi connectivity index (χ1v) is 16.3. The summed E-state index contributed by atoms with van der Waals surface area (Å²) >= 11 is 0. The Kier molecular flexibility index (Phi) is 11.1. The third-order valence-corrected chi connectivity index (χ3v) is 8.60. The Morgan fingerprint density at radius 1 is 0.625 bits per heavy atom. The van der Waals surface area contributed by atoms with Crippen molar-refractivity contribution >= 4 is 0 Å². The predicted octanol–water partition coefficient (Wildman–Crippen LogP) is 8.23. The molecular weight excluding hydrogens is 610 g/mol. The summed E-state index contributed by atoms with van der Waals surface area (Å²) in [4.78, 5) is 0. The van der Waals surface area contributed by atoms with Gasteiger partial charge in [-0.25, -0.2) is 0 Å². The van der Waals surface area contributed by atoms with Crippen LogP contribution in [0.3, 0.4) is 0 Å². The molecule has 0 aromatic heterocycles. The van der Waals surface area contributed by atoms with Crippen molar-refractivity contribution < 1.29 is 32.8 Å². The predicted molar refractivity (Wildman–Crippen MR) is 180 cm³/mol. The minimum absolute atomic E-state index is 0.0285. The van der Waals surface area contributed by atoms with Crippen molar-refractivity contribution in [1.29, 1.82) is 0 Å². The molecule has 0 saturated carbocycles. The topological polar surface area (TPSA) is 57.2 Å². The summed E-state index contributed by atoms with van der Waals surface area (Å²) in [6.45, 7) is 0.342. The van der Waals surface area contributed by atoms with Crippen LogP contribution >= 0.6 is 0 Å². The van der Waals surface area contributed by atoms with Gasteiger partial charge >= 0.3 is 5.92 Å². The fourth-order valence-electron chi connectivity index (χ4n) is 6.14. The van der Waals surface area contributed by atoms with Crippen molar-refractivity contribution in [2.45, 2.75) is 62.7 Å². The molecule has 248 valence electrons. The summed E-state index contributed by atoms with van der Waals surface area (Å²) in [5, 5.41) is 12.4. The standard InChI is InChI=1S/C41H40F2O5/c42-40(43,37-24-14-13-23-35(37)25-31-15-5-1-6-16-31)41(44)39(47-29-34-21-11-4-12-22-34)38(46-28-33-19-9-3-10-20-33)26-36(48-41)30-45-27-32-17-7-2-8-18-32/h1-24,36,38-39,44H,25-30H2/t36-,38-,39+,41+/m0/s1. The van der Waals surface area contributed by atoms with Gasteiger partial charge in [-0.3, -0.25) is 0 Å². The highest BCUT2D eigenvalue weighted by molar-refractivity contribution is 5.37. The average Bonchev–Trinajstić information content (AvgIpc) is 3.12. The second-order valence-electron chi connectivity index (χ2n) is 12.1. The lowest BCUT2D eigenvalue weighted by Crippen LogP contribution is -2.67. The minimum atomic E-state index is -3.91. The number of hydrogen-bond acceptors (Lipinski definition) is 5. The molecule has 0 radical (unpaired) electrons. The molecule has 4 atom stereocenters. The van der Waals surface area contributed by atoms with E-state index in [-0.39, 0.29) is 44.8 Å². The SMILES string of the molecule is O[C@@]1(C(F)(F)c2ccccc2Cc2ccccc2)O[C@H](COCc2ccccc2)C[C@H](OCc2ccccc2)[C@H]1OCc1ccccc1. The van der Waals surface area contributed by atoms with E-state index in [1.54, 1.807) is 18.2 Å². The molecule has 0 unspecified atom stereocenters. The van der Waals surface area contributed by atoms with Crippen LogP contribution in [-0.2, 0) is 51.1 Å². The van der Waals surface area contributed by atoms with Crippen LogP contribution in [0.5, 0.6) is 0 Å². The average molecular weight is 651 g/mol. The molecule has 0 amide bonds. The molecule has 5 aromatic rings. The third-order valence-electron chi connectivity index (χ3n) is 8.60. The van der Waals surface area contributed by atoms with Crippen molar-refractivity contribution in [2.75, 3.05) is 6.61 Å². The van der Waals surface area contributed by atoms with E-state index in [9.17, 15) is 5.11 Å². The number of ether oxygens (including phenoxy) is 4. The first kappa shape index (κ1) is 33.7. The van der Waals surface area contributed by atoms with Crippen LogP contribution in [0.1, 0.15) is 39.8 Å². The molecule has 0 aliphatic carbocycles. The van der Waals surface area contributed by atoms with Gasteiger partial charge in [0.1, 0.15) is 6.10 Å². The molecule has 5 aromatic carbocycles. The lowest BCUT2D eigenvalue weighted by molar-refractivity contribution is -0.412. The van der Waals surface area contributed by atoms with Gasteiger partial charge < -0.3 is 24.1 Å². The second kappa shape index (κ2) is 15.8. The number of halogens is 2. The van der Waals surface area contributed by atoms with Crippen molar-refractivity contribution in [2.24, 2.45) is 0 Å². The Balaban J connectivity index is 1.35. The molecule has 1 heterocycles. The Morgan fingerprint density at radius 2 is 1.10 bits per heavy atom. The molecule has 6 rings (SSSR count). The molecule has 1 aliphatic rings. The van der Waals surface area contributed by atoms with Crippen molar-refractivity contribution in [3.05, 3.63) is 179 Å². The smallest absolute Gasteiger partial charge is 0.328 e. The molecule has 5 nitrogen and oxygen atoms in total. The third kappa shape index (κ3) is 8.06. The largest absolute Gasteiger partial charge is 0.374 e. The Labute approximate surface area is 280 Å². The van der Waals surface area contributed by atoms with Gasteiger partial charge in [-0.05, 0) is 34.2 Å². The van der Waals surface area contributed by atoms with E-state index in [1.807, 2.05) is 121 Å². The summed E-state index contributed by atoms with van der Waals surface area (Å²) in [7, 11) is 0. The molecule has 0 spiro atoms. The highest BCUT2D eigenvalue weighted by Crippen LogP contribution is 2.49. The van der Waals surface area contributed by atoms with Gasteiger partial charge in [-0.1, -0.05) is 146 Å². The molecule has 1 aliphatic heterocycles. The van der Waals surface area contributed by atoms with Gasteiger partial charge in [-0.15, -0.1) is 0 Å². The molecule has 7 heteroatoms. The van der Waals surface area contributed by atoms with Crippen LogP contribution in [-0.4, -0.2) is 35.8 Å². The van der Waals surface area contributed by atoms with Crippen LogP contribution in [0.25, 0.3) is 0 Å². The number of rotatable bonds is 14. The zero-order valence-electron chi connectivity index (χ0n) is 26.7. The van der Waals surface area contributed by atoms with Crippen molar-refractivity contribution in [3.63, 3.8) is 0 Å². The number of hydrogen-bond donors (Lipinski definition) is 1. The number of alkyl halides is 2. The maximum Gasteiger partial charge on any atom is 0.328 e. The van der Waals surface area contributed by atoms with E-state index < -0.39 is 30.0 Å². The quantitative estimate of drug-likeness (QED) is 0.131. The van der Waals surface area contributed by atoms with Gasteiger partial charge in [0, 0.05) is 12.0 Å². The fourth-order valence-corrected chi connectivity index (χ4v) is 6.14. The summed E-state index contributed by atoms with van der Waals surface area (Å²) in [6, 6.07) is 44.0. The van der Waals surface area contributed by atoms with E-state index in [0.717, 1.165) is 22.3 Å². The van der Waals surface area contributed by atoms with Crippen molar-refractivity contribution in [1.82, 2.24) is 0 Å². The molecule has 1 fully saturated rings. The molecule has 0 bridgehead atoms. The van der Waals surface area contributed by atoms with Crippen LogP contribution < -0.4 is 0 Å². The summed E-state index contributed by atoms with van der Waals surface area (Å²) in [5.74, 6) is -7.01. The highest BCUT2D eigenvalue weighted by atomic mass is 19.3. The number of aliphatic hydroxyl groups is 1. The van der Waals surface area contributed by atoms with E-state index >= 15 is 8.78 Å². The summed E-state index contributed by atoms with van der Waals surface area (Å²) < 4.78 is 59.3. The number of benzene rings is 5. The lowest BCUT2D eigenvalue weighted by atomic mass is 9.84. The van der Waals surface area contributed by atoms with E-state index in [0.29, 0.717) is 5.56 Å². The van der Waals surface area contributed by atoms with Gasteiger partial charge in [0.2, 0.25) is 0 Å². The van der Waals surface area contributed by atoms with Crippen LogP contribution in [0.4, 0.5) is 8.78 Å². The van der Waals surface area contributed by atoms with Crippen LogP contribution in [0.15, 0.2) is 146 Å². The monoisotopic (exact) mass is 650 g/mol. The summed E-state index contributed by atoms with van der Waals surface area (Å²) in [5.41, 5.74) is 3.47. The first-order chi connectivity index (χ1) is 23.4. The fraction of sp³-hybridized carbons (Fsp3) is 0.268. The molecule has 48 heavy (non-hydrogen) atoms. The van der Waals surface area contributed by atoms with Gasteiger partial charge in [0.15, 0.2) is 0 Å². The maximum absolute atomic E-state index is 17.3. The normalized spacial score (nSPS) is 21.2. The Morgan fingerprint density at radius 3 is 1.69 bits per heavy atom. The highest BCUT2D eigenvalue weighted by Gasteiger charge is 2.66. The van der Waals surface area contributed by atoms with Gasteiger partial charge in [0.25, 0.3) is 5.79 Å². The molecular formula is C41H40F2O5. The van der Waals surface area contributed by atoms with E-state index in [1.165, 1.54) is 6.07 Å². The minimum Gasteiger partial charge on any atom is -0.374 e. The first-order valence-electron chi connectivity index (χ1n) is 16.3. The van der Waals surface area contributed by atoms with E-state index in [2.05, 4.69) is 0 Å². The van der Waals surface area contributed by atoms with Crippen LogP contribution in [0, 0.1) is 0 Å².